The van der Waals surface area contributed by atoms with Crippen LogP contribution in [-0.2, 0) is 6.54 Å². The van der Waals surface area contributed by atoms with Gasteiger partial charge in [0, 0.05) is 47.5 Å². The number of furan rings is 1. The van der Waals surface area contributed by atoms with E-state index in [9.17, 15) is 0 Å². The van der Waals surface area contributed by atoms with Gasteiger partial charge in [0.15, 0.2) is 0 Å². The quantitative estimate of drug-likeness (QED) is 0.371. The number of fused-ring (bicyclic) bond motifs is 1. The Kier molecular flexibility index (Phi) is 9.94. The Morgan fingerprint density at radius 2 is 1.75 bits per heavy atom. The van der Waals surface area contributed by atoms with Gasteiger partial charge in [-0.2, -0.15) is 0 Å². The molecule has 5 nitrogen and oxygen atoms in total. The van der Waals surface area contributed by atoms with Crippen LogP contribution < -0.4 is 10.6 Å². The van der Waals surface area contributed by atoms with Gasteiger partial charge >= 0.3 is 0 Å². The van der Waals surface area contributed by atoms with Gasteiger partial charge in [-0.15, -0.1) is 37.2 Å². The van der Waals surface area contributed by atoms with Gasteiger partial charge in [-0.3, -0.25) is 0 Å². The van der Waals surface area contributed by atoms with E-state index in [0.29, 0.717) is 12.1 Å². The number of hydrogen-bond acceptors (Lipinski definition) is 5. The van der Waals surface area contributed by atoms with Gasteiger partial charge in [0.2, 0.25) is 0 Å². The van der Waals surface area contributed by atoms with Crippen LogP contribution in [0.1, 0.15) is 30.0 Å². The van der Waals surface area contributed by atoms with Gasteiger partial charge in [-0.05, 0) is 48.7 Å². The van der Waals surface area contributed by atoms with Crippen LogP contribution in [0.5, 0.6) is 0 Å². The Morgan fingerprint density at radius 3 is 2.53 bits per heavy atom. The lowest BCUT2D eigenvalue weighted by molar-refractivity contribution is 0.304. The molecule has 0 saturated carbocycles. The van der Waals surface area contributed by atoms with E-state index in [1.54, 1.807) is 12.6 Å². The van der Waals surface area contributed by atoms with Gasteiger partial charge in [-0.1, -0.05) is 30.3 Å². The highest BCUT2D eigenvalue weighted by Gasteiger charge is 2.25. The largest absolute Gasteiger partial charge is 0.464 e. The second-order valence-electron chi connectivity index (χ2n) is 7.57. The molecule has 0 amide bonds. The lowest BCUT2D eigenvalue weighted by Gasteiger charge is -2.34. The van der Waals surface area contributed by atoms with Gasteiger partial charge in [0.25, 0.3) is 0 Å². The van der Waals surface area contributed by atoms with Crippen LogP contribution in [0, 0.1) is 0 Å². The molecule has 0 aliphatic carbocycles. The number of piperidine rings is 1. The normalized spacial score (nSPS) is 17.6. The number of nitrogens with one attached hydrogen (secondary N) is 2. The number of nitrogens with zero attached hydrogens (tertiary/aromatic N) is 2. The van der Waals surface area contributed by atoms with Crippen molar-refractivity contribution in [3.8, 4) is 11.1 Å². The smallest absolute Gasteiger partial charge is 0.138 e. The van der Waals surface area contributed by atoms with Gasteiger partial charge in [-0.25, -0.2) is 9.97 Å². The summed E-state index contributed by atoms with van der Waals surface area (Å²) in [5, 5.41) is 8.58. The van der Waals surface area contributed by atoms with Crippen LogP contribution >= 0.6 is 37.2 Å². The van der Waals surface area contributed by atoms with Crippen molar-refractivity contribution in [2.75, 3.05) is 6.54 Å². The number of rotatable bonds is 5. The van der Waals surface area contributed by atoms with E-state index in [0.717, 1.165) is 47.2 Å². The molecule has 1 saturated heterocycles. The lowest BCUT2D eigenvalue weighted by atomic mass is 9.92. The van der Waals surface area contributed by atoms with Crippen molar-refractivity contribution in [1.29, 1.82) is 0 Å². The first-order valence-corrected chi connectivity index (χ1v) is 10.2. The molecule has 2 atom stereocenters. The second kappa shape index (κ2) is 12.2. The summed E-state index contributed by atoms with van der Waals surface area (Å²) in [4.78, 5) is 8.33. The molecule has 0 bridgehead atoms. The Labute approximate surface area is 206 Å². The van der Waals surface area contributed by atoms with Gasteiger partial charge < -0.3 is 15.1 Å². The maximum Gasteiger partial charge on any atom is 0.138 e. The molecule has 3 heterocycles. The number of benzene rings is 2. The maximum atomic E-state index is 5.80. The van der Waals surface area contributed by atoms with E-state index in [1.165, 1.54) is 12.0 Å². The predicted octanol–water partition coefficient (Wildman–Crippen LogP) is 5.74. The minimum atomic E-state index is 0. The van der Waals surface area contributed by atoms with E-state index in [2.05, 4.69) is 63.1 Å². The number of halogens is 3. The molecule has 0 radical (unpaired) electrons. The third-order valence-electron chi connectivity index (χ3n) is 5.69. The second-order valence-corrected chi connectivity index (χ2v) is 7.57. The third-order valence-corrected chi connectivity index (χ3v) is 5.69. The van der Waals surface area contributed by atoms with Gasteiger partial charge in [0.1, 0.15) is 11.9 Å². The van der Waals surface area contributed by atoms with Crippen molar-refractivity contribution in [3.63, 3.8) is 0 Å². The number of aromatic nitrogens is 2. The predicted molar refractivity (Wildman–Crippen MR) is 136 cm³/mol. The Bertz CT molecular complexity index is 1090. The molecule has 4 aromatic rings. The molecule has 2 N–H and O–H groups in total. The highest BCUT2D eigenvalue weighted by Crippen LogP contribution is 2.29. The summed E-state index contributed by atoms with van der Waals surface area (Å²) in [6.45, 7) is 1.81. The zero-order chi connectivity index (χ0) is 19.5. The van der Waals surface area contributed by atoms with E-state index >= 15 is 0 Å². The highest BCUT2D eigenvalue weighted by molar-refractivity contribution is 5.86. The summed E-state index contributed by atoms with van der Waals surface area (Å²) in [7, 11) is 0. The van der Waals surface area contributed by atoms with Gasteiger partial charge in [0.05, 0.1) is 6.26 Å². The topological polar surface area (TPSA) is 63.0 Å². The Morgan fingerprint density at radius 1 is 0.969 bits per heavy atom. The summed E-state index contributed by atoms with van der Waals surface area (Å²) < 4.78 is 5.80. The minimum Gasteiger partial charge on any atom is -0.464 e. The van der Waals surface area contributed by atoms with E-state index in [-0.39, 0.29) is 37.2 Å². The maximum absolute atomic E-state index is 5.80. The summed E-state index contributed by atoms with van der Waals surface area (Å²) >= 11 is 0. The van der Waals surface area contributed by atoms with Crippen LogP contribution in [-0.4, -0.2) is 22.6 Å². The average Bonchev–Trinajstić information content (AvgIpc) is 3.28. The van der Waals surface area contributed by atoms with Crippen molar-refractivity contribution in [2.45, 2.75) is 31.5 Å². The monoisotopic (exact) mass is 492 g/mol. The first-order valence-electron chi connectivity index (χ1n) is 10.2. The fourth-order valence-corrected chi connectivity index (χ4v) is 4.26. The fraction of sp³-hybridized carbons (Fsp3) is 0.250. The molecule has 170 valence electrons. The van der Waals surface area contributed by atoms with Crippen LogP contribution in [0.25, 0.3) is 22.1 Å². The molecule has 0 spiro atoms. The van der Waals surface area contributed by atoms with Crippen molar-refractivity contribution in [3.05, 3.63) is 84.6 Å². The molecule has 2 aromatic heterocycles. The van der Waals surface area contributed by atoms with Crippen molar-refractivity contribution in [2.24, 2.45) is 0 Å². The highest BCUT2D eigenvalue weighted by atomic mass is 35.5. The third kappa shape index (κ3) is 5.61. The molecule has 1 aliphatic rings. The molecular weight excluding hydrogens is 467 g/mol. The average molecular weight is 494 g/mol. The standard InChI is InChI=1S/C24H24N4O.3ClH/c1-2-5-17(6-3-1)23-22(7-4-9-27-23)28-15-20-12-19(21-13-25-16-26-14-21)11-18-8-10-29-24(18)20;;;/h1-3,5-6,8,10-14,16,22-23,27-28H,4,7,9,15H2;3*1H/t22-,23-;;;/m0.../s1. The summed E-state index contributed by atoms with van der Waals surface area (Å²) in [6.07, 6.45) is 9.35. The van der Waals surface area contributed by atoms with E-state index in [4.69, 9.17) is 4.42 Å². The number of hydrogen-bond donors (Lipinski definition) is 2. The molecule has 1 fully saturated rings. The summed E-state index contributed by atoms with van der Waals surface area (Å²) in [6, 6.07) is 17.7. The Hall–Kier alpha value is -2.15. The van der Waals surface area contributed by atoms with Crippen molar-refractivity contribution in [1.82, 2.24) is 20.6 Å². The molecule has 1 aliphatic heterocycles. The molecule has 8 heteroatoms. The first-order chi connectivity index (χ1) is 14.4. The van der Waals surface area contributed by atoms with Crippen LogP contribution in [0.15, 0.2) is 77.9 Å². The molecule has 32 heavy (non-hydrogen) atoms. The van der Waals surface area contributed by atoms with Crippen LogP contribution in [0.3, 0.4) is 0 Å². The molecular formula is C24H27Cl3N4O. The fourth-order valence-electron chi connectivity index (χ4n) is 4.26. The zero-order valence-corrected chi connectivity index (χ0v) is 19.9. The summed E-state index contributed by atoms with van der Waals surface area (Å²) in [5.74, 6) is 0. The van der Waals surface area contributed by atoms with Crippen molar-refractivity contribution < 1.29 is 4.42 Å². The zero-order valence-electron chi connectivity index (χ0n) is 17.4. The van der Waals surface area contributed by atoms with Crippen LogP contribution in [0.4, 0.5) is 0 Å². The van der Waals surface area contributed by atoms with Crippen LogP contribution in [0.2, 0.25) is 0 Å². The van der Waals surface area contributed by atoms with Crippen molar-refractivity contribution >= 4 is 48.2 Å². The molecule has 5 rings (SSSR count). The van der Waals surface area contributed by atoms with E-state index < -0.39 is 0 Å². The lowest BCUT2D eigenvalue weighted by Crippen LogP contribution is -2.45. The summed E-state index contributed by atoms with van der Waals surface area (Å²) in [5.41, 5.74) is 5.56. The first kappa shape index (κ1) is 26.1. The minimum absolute atomic E-state index is 0. The Balaban J connectivity index is 0.00000121. The molecule has 2 aromatic carbocycles. The molecule has 0 unspecified atom stereocenters. The SMILES string of the molecule is Cl.Cl.Cl.c1ccc([C@@H]2NCCC[C@@H]2NCc2cc(-c3cncnc3)cc3ccoc23)cc1. The van der Waals surface area contributed by atoms with E-state index in [1.807, 2.05) is 18.5 Å².